The van der Waals surface area contributed by atoms with E-state index in [1.54, 1.807) is 0 Å². The Morgan fingerprint density at radius 2 is 1.38 bits per heavy atom. The Bertz CT molecular complexity index is 1880. The van der Waals surface area contributed by atoms with Gasteiger partial charge in [-0.25, -0.2) is 9.59 Å². The number of amidine groups is 2. The average molecular weight is 803 g/mol. The normalized spacial score (nSPS) is 20.5. The van der Waals surface area contributed by atoms with Gasteiger partial charge in [0.25, 0.3) is 0 Å². The number of carbonyl (C=O) groups is 4. The fraction of sp³-hybridized carbons (Fsp3) is 0.571. The number of hydrogen-bond donors (Lipinski definition) is 5. The van der Waals surface area contributed by atoms with E-state index in [2.05, 4.69) is 31.3 Å². The average Bonchev–Trinajstić information content (AvgIpc) is 3.92. The molecule has 0 saturated carbocycles. The van der Waals surface area contributed by atoms with Gasteiger partial charge in [0, 0.05) is 19.5 Å². The molecule has 4 amide bonds. The maximum absolute atomic E-state index is 13.7. The third-order valence-corrected chi connectivity index (χ3v) is 11.0. The van der Waals surface area contributed by atoms with Gasteiger partial charge in [-0.05, 0) is 79.3 Å². The first-order valence-electron chi connectivity index (χ1n) is 20.5. The van der Waals surface area contributed by atoms with Crippen molar-refractivity contribution in [3.05, 3.63) is 47.5 Å². The number of fused-ring (bicyclic) bond motifs is 2. The fourth-order valence-corrected chi connectivity index (χ4v) is 7.73. The zero-order chi connectivity index (χ0) is 41.3. The number of methoxy groups -OCH3 is 2. The number of rotatable bonds is 15. The number of unbranched alkanes of at least 4 members (excludes halogenated alkanes) is 2. The number of nitrogens with zero attached hydrogens (tertiary/aromatic N) is 3. The van der Waals surface area contributed by atoms with Gasteiger partial charge in [0.05, 0.1) is 51.3 Å². The number of alkyl carbamates (subject to hydrolysis) is 2. The van der Waals surface area contributed by atoms with Crippen LogP contribution in [0.3, 0.4) is 0 Å². The summed E-state index contributed by atoms with van der Waals surface area (Å²) in [7, 11) is 2.57. The summed E-state index contributed by atoms with van der Waals surface area (Å²) in [6.07, 6.45) is 4.92. The Morgan fingerprint density at radius 1 is 0.776 bits per heavy atom. The molecule has 16 heteroatoms. The van der Waals surface area contributed by atoms with Gasteiger partial charge >= 0.3 is 12.2 Å². The van der Waals surface area contributed by atoms with E-state index >= 15 is 0 Å². The minimum absolute atomic E-state index is 0.0284. The number of benzene rings is 2. The lowest BCUT2D eigenvalue weighted by molar-refractivity contribution is -0.136. The SMILES string of the molecule is COC(=O)N[C@H](C(=O)NCCCCCC1=NCC(c2ccc3c(c2)Oc2ccc(C4CN=C([C@@H]5CCCCN5C(=O)[C@@H](NC(=O)OC)C(C)C)N4)cc2O3)N1)C(C)C. The van der Waals surface area contributed by atoms with E-state index in [1.807, 2.05) is 69.0 Å². The van der Waals surface area contributed by atoms with Crippen LogP contribution in [0.5, 0.6) is 23.0 Å². The molecule has 0 spiro atoms. The van der Waals surface area contributed by atoms with Crippen molar-refractivity contribution >= 4 is 35.7 Å². The highest BCUT2D eigenvalue weighted by Gasteiger charge is 2.38. The molecule has 1 saturated heterocycles. The number of hydrogen-bond acceptors (Lipinski definition) is 12. The monoisotopic (exact) mass is 802 g/mol. The Kier molecular flexibility index (Phi) is 14.0. The van der Waals surface area contributed by atoms with E-state index in [1.165, 1.54) is 14.2 Å². The van der Waals surface area contributed by atoms with E-state index < -0.39 is 24.3 Å². The smallest absolute Gasteiger partial charge is 0.407 e. The molecule has 16 nitrogen and oxygen atoms in total. The van der Waals surface area contributed by atoms with Crippen molar-refractivity contribution in [3.63, 3.8) is 0 Å². The van der Waals surface area contributed by atoms with Crippen LogP contribution in [0.2, 0.25) is 0 Å². The van der Waals surface area contributed by atoms with E-state index in [4.69, 9.17) is 24.2 Å². The van der Waals surface area contributed by atoms with E-state index in [9.17, 15) is 19.2 Å². The highest BCUT2D eigenvalue weighted by atomic mass is 16.6. The fourth-order valence-electron chi connectivity index (χ4n) is 7.73. The molecule has 4 aliphatic heterocycles. The van der Waals surface area contributed by atoms with E-state index in [0.717, 1.165) is 67.7 Å². The summed E-state index contributed by atoms with van der Waals surface area (Å²) < 4.78 is 22.1. The van der Waals surface area contributed by atoms with Gasteiger partial charge in [0.1, 0.15) is 17.9 Å². The van der Waals surface area contributed by atoms with Crippen LogP contribution in [0, 0.1) is 11.8 Å². The summed E-state index contributed by atoms with van der Waals surface area (Å²) in [6, 6.07) is 10.3. The molecule has 0 bridgehead atoms. The molecular formula is C42H58N8O8. The molecule has 2 aromatic rings. The predicted octanol–water partition coefficient (Wildman–Crippen LogP) is 5.49. The highest BCUT2D eigenvalue weighted by molar-refractivity contribution is 5.95. The summed E-state index contributed by atoms with van der Waals surface area (Å²) in [5.74, 6) is 3.77. The Labute approximate surface area is 340 Å². The van der Waals surface area contributed by atoms with Gasteiger partial charge < -0.3 is 50.4 Å². The van der Waals surface area contributed by atoms with Gasteiger partial charge in [0.15, 0.2) is 23.0 Å². The van der Waals surface area contributed by atoms with Gasteiger partial charge in [-0.15, -0.1) is 0 Å². The van der Waals surface area contributed by atoms with Crippen molar-refractivity contribution in [1.82, 2.24) is 31.5 Å². The van der Waals surface area contributed by atoms with Crippen LogP contribution in [-0.4, -0.2) is 99.1 Å². The molecule has 5 N–H and O–H groups in total. The van der Waals surface area contributed by atoms with Crippen LogP contribution in [0.25, 0.3) is 0 Å². The lowest BCUT2D eigenvalue weighted by Gasteiger charge is -2.38. The van der Waals surface area contributed by atoms with Crippen LogP contribution in [-0.2, 0) is 19.1 Å². The molecule has 6 rings (SSSR count). The summed E-state index contributed by atoms with van der Waals surface area (Å²) in [6.45, 7) is 9.85. The third-order valence-electron chi connectivity index (χ3n) is 11.0. The number of carbonyl (C=O) groups excluding carboxylic acids is 4. The molecule has 314 valence electrons. The Hall–Kier alpha value is -5.54. The molecule has 0 aromatic heterocycles. The Morgan fingerprint density at radius 3 is 2.00 bits per heavy atom. The molecular weight excluding hydrogens is 745 g/mol. The molecule has 58 heavy (non-hydrogen) atoms. The first-order chi connectivity index (χ1) is 27.9. The molecule has 0 radical (unpaired) electrons. The highest BCUT2D eigenvalue weighted by Crippen LogP contribution is 2.47. The second-order valence-electron chi connectivity index (χ2n) is 15.9. The minimum atomic E-state index is -0.692. The summed E-state index contributed by atoms with van der Waals surface area (Å²) in [5.41, 5.74) is 2.06. The molecule has 4 heterocycles. The van der Waals surface area contributed by atoms with E-state index in [0.29, 0.717) is 49.2 Å². The minimum Gasteiger partial charge on any atom is -0.453 e. The number of amides is 4. The largest absolute Gasteiger partial charge is 0.453 e. The zero-order valence-corrected chi connectivity index (χ0v) is 34.4. The summed E-state index contributed by atoms with van der Waals surface area (Å²) >= 11 is 0. The van der Waals surface area contributed by atoms with Gasteiger partial charge in [-0.3, -0.25) is 19.6 Å². The Balaban J connectivity index is 0.969. The lowest BCUT2D eigenvalue weighted by atomic mass is 9.96. The quantitative estimate of drug-likeness (QED) is 0.123. The second kappa shape index (κ2) is 19.3. The van der Waals surface area contributed by atoms with Crippen molar-refractivity contribution < 1.29 is 38.1 Å². The maximum atomic E-state index is 13.7. The molecule has 1 fully saturated rings. The van der Waals surface area contributed by atoms with Crippen molar-refractivity contribution in [1.29, 1.82) is 0 Å². The van der Waals surface area contributed by atoms with Crippen molar-refractivity contribution in [2.24, 2.45) is 21.8 Å². The van der Waals surface area contributed by atoms with Gasteiger partial charge in [0.2, 0.25) is 11.8 Å². The number of piperidine rings is 1. The number of likely N-dealkylation sites (tertiary alicyclic amines) is 1. The number of ether oxygens (including phenoxy) is 4. The molecule has 4 aliphatic rings. The van der Waals surface area contributed by atoms with Crippen LogP contribution >= 0.6 is 0 Å². The second-order valence-corrected chi connectivity index (χ2v) is 15.9. The van der Waals surface area contributed by atoms with Crippen molar-refractivity contribution in [3.8, 4) is 23.0 Å². The van der Waals surface area contributed by atoms with Gasteiger partial charge in [-0.1, -0.05) is 46.2 Å². The van der Waals surface area contributed by atoms with Crippen LogP contribution in [0.15, 0.2) is 46.4 Å². The molecule has 2 unspecified atom stereocenters. The van der Waals surface area contributed by atoms with Crippen LogP contribution in [0.1, 0.15) is 95.9 Å². The third kappa shape index (κ3) is 10.1. The van der Waals surface area contributed by atoms with Gasteiger partial charge in [-0.2, -0.15) is 0 Å². The molecule has 2 aromatic carbocycles. The lowest BCUT2D eigenvalue weighted by Crippen LogP contribution is -2.58. The first-order valence-corrected chi connectivity index (χ1v) is 20.5. The standard InChI is InChI=1S/C42H58N8O8/c1-24(2)36(48-41(53)55-5)39(51)43-18-10-7-8-13-35-44-22-28(46-35)26-14-16-31-33(20-26)57-32-17-15-27(21-34(32)58-31)29-23-45-38(47-29)30-12-9-11-19-50(30)40(52)37(25(3)4)49-42(54)56-6/h14-17,20-21,24-25,28-30,36-37H,7-13,18-19,22-23H2,1-6H3,(H,43,51)(H,44,46)(H,45,47)(H,48,53)(H,49,54)/t28?,29?,30-,36-,37-/m0/s1. The number of aliphatic imine (C=N–C) groups is 2. The van der Waals surface area contributed by atoms with Crippen LogP contribution < -0.4 is 36.1 Å². The zero-order valence-electron chi connectivity index (χ0n) is 34.4. The maximum Gasteiger partial charge on any atom is 0.407 e. The molecule has 0 aliphatic carbocycles. The molecule has 5 atom stereocenters. The summed E-state index contributed by atoms with van der Waals surface area (Å²) in [4.78, 5) is 61.4. The predicted molar refractivity (Wildman–Crippen MR) is 219 cm³/mol. The van der Waals surface area contributed by atoms with Crippen molar-refractivity contribution in [2.75, 3.05) is 40.4 Å². The summed E-state index contributed by atoms with van der Waals surface area (Å²) in [5, 5.41) is 15.4. The first kappa shape index (κ1) is 42.1. The number of nitrogens with one attached hydrogen (secondary N) is 5. The van der Waals surface area contributed by atoms with E-state index in [-0.39, 0.29) is 41.8 Å². The van der Waals surface area contributed by atoms with Crippen LogP contribution in [0.4, 0.5) is 9.59 Å². The topological polar surface area (TPSA) is 193 Å². The van der Waals surface area contributed by atoms with Crippen molar-refractivity contribution in [2.45, 2.75) is 103 Å².